The lowest BCUT2D eigenvalue weighted by Crippen LogP contribution is -2.35. The Bertz CT molecular complexity index is 938. The fourth-order valence-corrected chi connectivity index (χ4v) is 5.21. The van der Waals surface area contributed by atoms with Crippen molar-refractivity contribution < 1.29 is 18.7 Å². The lowest BCUT2D eigenvalue weighted by atomic mass is 9.99. The Morgan fingerprint density at radius 3 is 2.16 bits per heavy atom. The third kappa shape index (κ3) is 11.9. The zero-order chi connectivity index (χ0) is 27.5. The number of ether oxygens (including phenoxy) is 1. The Kier molecular flexibility index (Phi) is 16.4. The quantitative estimate of drug-likeness (QED) is 0.113. The van der Waals surface area contributed by atoms with Crippen molar-refractivity contribution in [1.82, 2.24) is 14.6 Å². The van der Waals surface area contributed by atoms with Gasteiger partial charge in [0.15, 0.2) is 11.4 Å². The van der Waals surface area contributed by atoms with Crippen LogP contribution in [0.25, 0.3) is 5.52 Å². The molecule has 2 rings (SSSR count). The number of rotatable bonds is 23. The van der Waals surface area contributed by atoms with Crippen molar-refractivity contribution in [3.63, 3.8) is 0 Å². The van der Waals surface area contributed by atoms with Gasteiger partial charge in [-0.15, -0.1) is 0 Å². The zero-order valence-corrected chi connectivity index (χ0v) is 24.3. The van der Waals surface area contributed by atoms with E-state index in [0.29, 0.717) is 25.3 Å². The molecule has 2 heterocycles. The Hall–Kier alpha value is -1.82. The molecule has 0 spiro atoms. The summed E-state index contributed by atoms with van der Waals surface area (Å²) in [5.41, 5.74) is 6.29. The van der Waals surface area contributed by atoms with Gasteiger partial charge in [-0.2, -0.15) is 10.4 Å². The summed E-state index contributed by atoms with van der Waals surface area (Å²) in [4.78, 5) is 14.1. The van der Waals surface area contributed by atoms with E-state index in [1.54, 1.807) is 4.52 Å². The van der Waals surface area contributed by atoms with E-state index in [0.717, 1.165) is 24.1 Å². The second-order valence-electron chi connectivity index (χ2n) is 10.0. The van der Waals surface area contributed by atoms with Crippen LogP contribution in [0.15, 0.2) is 18.5 Å². The van der Waals surface area contributed by atoms with Crippen LogP contribution in [0.5, 0.6) is 0 Å². The van der Waals surface area contributed by atoms with Crippen LogP contribution in [0.1, 0.15) is 109 Å². The summed E-state index contributed by atoms with van der Waals surface area (Å²) in [6.07, 6.45) is 20.4. The summed E-state index contributed by atoms with van der Waals surface area (Å²) in [5.74, 6) is 0.398. The number of aryl methyl sites for hydroxylation is 1. The third-order valence-electron chi connectivity index (χ3n) is 7.05. The van der Waals surface area contributed by atoms with Gasteiger partial charge in [0.2, 0.25) is 0 Å². The molecule has 0 aliphatic carbocycles. The van der Waals surface area contributed by atoms with E-state index < -0.39 is 14.2 Å². The van der Waals surface area contributed by atoms with Gasteiger partial charge < -0.3 is 24.4 Å². The van der Waals surface area contributed by atoms with E-state index in [4.69, 9.17) is 19.5 Å². The van der Waals surface area contributed by atoms with Gasteiger partial charge in [-0.3, -0.25) is 0 Å². The molecule has 214 valence electrons. The van der Waals surface area contributed by atoms with E-state index in [1.807, 2.05) is 12.1 Å². The molecule has 0 aliphatic rings. The maximum absolute atomic E-state index is 10.2. The fraction of sp³-hybridized carbons (Fsp3) is 0.750. The number of hydrogen-bond acceptors (Lipinski definition) is 8. The molecule has 2 aromatic rings. The fourth-order valence-electron chi connectivity index (χ4n) is 4.53. The predicted molar refractivity (Wildman–Crippen MR) is 152 cm³/mol. The Morgan fingerprint density at radius 2 is 1.58 bits per heavy atom. The molecule has 0 aliphatic heterocycles. The number of nitrogens with zero attached hydrogens (tertiary/aromatic N) is 4. The van der Waals surface area contributed by atoms with E-state index >= 15 is 0 Å². The highest BCUT2D eigenvalue weighted by atomic mass is 31.2. The van der Waals surface area contributed by atoms with Crippen LogP contribution in [0.3, 0.4) is 0 Å². The van der Waals surface area contributed by atoms with Crippen molar-refractivity contribution >= 4 is 19.9 Å². The van der Waals surface area contributed by atoms with Crippen LogP contribution >= 0.6 is 8.60 Å². The Labute approximate surface area is 230 Å². The van der Waals surface area contributed by atoms with Gasteiger partial charge in [0.1, 0.15) is 17.9 Å². The highest BCUT2D eigenvalue weighted by molar-refractivity contribution is 7.40. The summed E-state index contributed by atoms with van der Waals surface area (Å²) in [6.45, 7) is 2.63. The molecule has 0 saturated heterocycles. The molecular weight excluding hydrogens is 501 g/mol. The molecule has 0 aromatic carbocycles. The largest absolute Gasteiger partial charge is 0.382 e. The van der Waals surface area contributed by atoms with Crippen molar-refractivity contribution in [2.24, 2.45) is 0 Å². The average Bonchev–Trinajstić information content (AvgIpc) is 3.36. The number of nitriles is 1. The number of nitrogen functional groups attached to an aromatic ring is 1. The summed E-state index contributed by atoms with van der Waals surface area (Å²) < 4.78 is 18.1. The van der Waals surface area contributed by atoms with Gasteiger partial charge in [0, 0.05) is 12.8 Å². The molecule has 3 N–H and O–H groups in total. The number of methoxy groups -OCH3 is 1. The standard InChI is InChI=1S/C28H48N5O4P/c1-3-4-5-6-7-8-9-10-11-12-13-14-15-16-21-36-38(34)37-23-28(22-29,35-2)20-19-25-17-18-26-27(30)31-24-32-33(25)26/h17-18,24,34H,3-16,19-21,23H2,1-2H3,(H2,30,31,32). The number of hydrogen-bond donors (Lipinski definition) is 2. The number of nitrogens with two attached hydrogens (primary N) is 1. The van der Waals surface area contributed by atoms with Crippen LogP contribution in [-0.4, -0.2) is 45.4 Å². The number of aromatic nitrogens is 3. The minimum Gasteiger partial charge on any atom is -0.382 e. The summed E-state index contributed by atoms with van der Waals surface area (Å²) in [5, 5.41) is 14.0. The van der Waals surface area contributed by atoms with Crippen LogP contribution in [0, 0.1) is 11.3 Å². The van der Waals surface area contributed by atoms with E-state index in [1.165, 1.54) is 90.5 Å². The smallest absolute Gasteiger partial charge is 0.329 e. The molecule has 2 aromatic heterocycles. The van der Waals surface area contributed by atoms with Gasteiger partial charge in [-0.25, -0.2) is 9.50 Å². The number of fused-ring (bicyclic) bond motifs is 1. The lowest BCUT2D eigenvalue weighted by Gasteiger charge is -2.25. The van der Waals surface area contributed by atoms with Gasteiger partial charge in [0.05, 0.1) is 13.2 Å². The van der Waals surface area contributed by atoms with E-state index in [2.05, 4.69) is 23.1 Å². The molecule has 0 amide bonds. The van der Waals surface area contributed by atoms with Gasteiger partial charge in [0.25, 0.3) is 0 Å². The SMILES string of the molecule is CCCCCCCCCCCCCCCCOP(O)OCC(C#N)(CCc1ccc2c(N)ncnn12)OC. The van der Waals surface area contributed by atoms with Gasteiger partial charge in [-0.1, -0.05) is 90.4 Å². The molecule has 10 heteroatoms. The van der Waals surface area contributed by atoms with Gasteiger partial charge in [-0.05, 0) is 31.4 Å². The predicted octanol–water partition coefficient (Wildman–Crippen LogP) is 6.89. The second-order valence-corrected chi connectivity index (χ2v) is 11.0. The molecule has 0 bridgehead atoms. The summed E-state index contributed by atoms with van der Waals surface area (Å²) >= 11 is 0. The zero-order valence-electron chi connectivity index (χ0n) is 23.4. The van der Waals surface area contributed by atoms with Crippen molar-refractivity contribution in [1.29, 1.82) is 5.26 Å². The van der Waals surface area contributed by atoms with E-state index in [9.17, 15) is 10.2 Å². The first-order valence-corrected chi connectivity index (χ1v) is 15.5. The van der Waals surface area contributed by atoms with Crippen molar-refractivity contribution in [3.8, 4) is 6.07 Å². The normalized spacial score (nSPS) is 13.9. The highest BCUT2D eigenvalue weighted by Crippen LogP contribution is 2.35. The number of anilines is 1. The van der Waals surface area contributed by atoms with Crippen molar-refractivity contribution in [3.05, 3.63) is 24.2 Å². The molecule has 9 nitrogen and oxygen atoms in total. The molecule has 0 saturated carbocycles. The van der Waals surface area contributed by atoms with Crippen molar-refractivity contribution in [2.45, 2.75) is 115 Å². The molecular formula is C28H48N5O4P. The average molecular weight is 550 g/mol. The highest BCUT2D eigenvalue weighted by Gasteiger charge is 2.32. The lowest BCUT2D eigenvalue weighted by molar-refractivity contribution is -0.0108. The molecule has 38 heavy (non-hydrogen) atoms. The second kappa shape index (κ2) is 19.3. The minimum absolute atomic E-state index is 0.0820. The van der Waals surface area contributed by atoms with Crippen molar-refractivity contribution in [2.75, 3.05) is 26.1 Å². The maximum Gasteiger partial charge on any atom is 0.329 e. The monoisotopic (exact) mass is 549 g/mol. The third-order valence-corrected chi connectivity index (χ3v) is 7.80. The van der Waals surface area contributed by atoms with E-state index in [-0.39, 0.29) is 6.61 Å². The molecule has 0 radical (unpaired) electrons. The first-order chi connectivity index (χ1) is 18.5. The maximum atomic E-state index is 10.2. The first kappa shape index (κ1) is 32.4. The van der Waals surface area contributed by atoms with Gasteiger partial charge >= 0.3 is 8.60 Å². The first-order valence-electron chi connectivity index (χ1n) is 14.3. The van der Waals surface area contributed by atoms with Crippen LogP contribution in [-0.2, 0) is 20.2 Å². The number of unbranched alkanes of at least 4 members (excludes halogenated alkanes) is 13. The topological polar surface area (TPSA) is 128 Å². The van der Waals surface area contributed by atoms with Crippen LogP contribution in [0.2, 0.25) is 0 Å². The molecule has 2 atom stereocenters. The Balaban J connectivity index is 1.53. The molecule has 0 fully saturated rings. The summed E-state index contributed by atoms with van der Waals surface area (Å²) in [6, 6.07) is 5.94. The van der Waals surface area contributed by atoms with Crippen LogP contribution in [0.4, 0.5) is 5.82 Å². The minimum atomic E-state index is -2.06. The van der Waals surface area contributed by atoms with Crippen LogP contribution < -0.4 is 5.73 Å². The molecule has 2 unspecified atom stereocenters. The Morgan fingerprint density at radius 1 is 0.974 bits per heavy atom. The summed E-state index contributed by atoms with van der Waals surface area (Å²) in [7, 11) is -0.589.